The zero-order valence-corrected chi connectivity index (χ0v) is 14.0. The van der Waals surface area contributed by atoms with Crippen molar-refractivity contribution in [2.45, 2.75) is 5.92 Å². The molecular formula is C20H23FN2O. The standard InChI is InChI=1S/C20H23FN2O/c1-22-11-13-23(14-12-22)15-19(16-5-3-2-4-6-16)20(24)17-7-9-18(21)10-8-17/h2-10,19H,11-15H2,1H3. The smallest absolute Gasteiger partial charge is 0.171 e. The molecular weight excluding hydrogens is 303 g/mol. The number of piperazine rings is 1. The predicted octanol–water partition coefficient (Wildman–Crippen LogP) is 3.04. The van der Waals surface area contributed by atoms with Gasteiger partial charge in [-0.15, -0.1) is 0 Å². The lowest BCUT2D eigenvalue weighted by Gasteiger charge is -2.34. The van der Waals surface area contributed by atoms with Crippen LogP contribution >= 0.6 is 0 Å². The Balaban J connectivity index is 1.82. The third-order valence-corrected chi connectivity index (χ3v) is 4.68. The van der Waals surface area contributed by atoms with Crippen molar-refractivity contribution in [2.75, 3.05) is 39.8 Å². The van der Waals surface area contributed by atoms with Gasteiger partial charge in [0.15, 0.2) is 5.78 Å². The maximum absolute atomic E-state index is 13.2. The summed E-state index contributed by atoms with van der Waals surface area (Å²) in [5, 5.41) is 0. The SMILES string of the molecule is CN1CCN(CC(C(=O)c2ccc(F)cc2)c2ccccc2)CC1. The normalized spacial score (nSPS) is 17.6. The average molecular weight is 326 g/mol. The molecule has 4 heteroatoms. The number of rotatable bonds is 5. The second-order valence-corrected chi connectivity index (χ2v) is 6.44. The maximum atomic E-state index is 13.2. The first-order chi connectivity index (χ1) is 11.6. The van der Waals surface area contributed by atoms with Crippen LogP contribution in [0.15, 0.2) is 54.6 Å². The van der Waals surface area contributed by atoms with Crippen LogP contribution in [0.2, 0.25) is 0 Å². The maximum Gasteiger partial charge on any atom is 0.171 e. The molecule has 1 unspecified atom stereocenters. The fraction of sp³-hybridized carbons (Fsp3) is 0.350. The molecule has 0 saturated carbocycles. The molecule has 1 aliphatic heterocycles. The van der Waals surface area contributed by atoms with Gasteiger partial charge in [0, 0.05) is 38.3 Å². The van der Waals surface area contributed by atoms with Crippen molar-refractivity contribution in [2.24, 2.45) is 0 Å². The van der Waals surface area contributed by atoms with Crippen molar-refractivity contribution in [3.63, 3.8) is 0 Å². The topological polar surface area (TPSA) is 23.6 Å². The lowest BCUT2D eigenvalue weighted by Crippen LogP contribution is -2.46. The second-order valence-electron chi connectivity index (χ2n) is 6.44. The highest BCUT2D eigenvalue weighted by atomic mass is 19.1. The first-order valence-electron chi connectivity index (χ1n) is 8.39. The number of benzene rings is 2. The summed E-state index contributed by atoms with van der Waals surface area (Å²) in [5.41, 5.74) is 1.59. The highest BCUT2D eigenvalue weighted by molar-refractivity contribution is 6.01. The van der Waals surface area contributed by atoms with E-state index in [1.165, 1.54) is 12.1 Å². The first-order valence-corrected chi connectivity index (χ1v) is 8.39. The molecule has 1 saturated heterocycles. The number of carbonyl (C=O) groups excluding carboxylic acids is 1. The van der Waals surface area contributed by atoms with Gasteiger partial charge in [-0.05, 0) is 36.9 Å². The summed E-state index contributed by atoms with van der Waals surface area (Å²) >= 11 is 0. The van der Waals surface area contributed by atoms with Crippen LogP contribution < -0.4 is 0 Å². The average Bonchev–Trinajstić information content (AvgIpc) is 2.62. The van der Waals surface area contributed by atoms with E-state index in [1.54, 1.807) is 12.1 Å². The lowest BCUT2D eigenvalue weighted by atomic mass is 9.90. The molecule has 0 amide bonds. The van der Waals surface area contributed by atoms with Crippen molar-refractivity contribution in [3.8, 4) is 0 Å². The van der Waals surface area contributed by atoms with Crippen molar-refractivity contribution in [1.29, 1.82) is 0 Å². The minimum Gasteiger partial charge on any atom is -0.304 e. The van der Waals surface area contributed by atoms with Gasteiger partial charge in [-0.2, -0.15) is 0 Å². The Morgan fingerprint density at radius 1 is 1.00 bits per heavy atom. The summed E-state index contributed by atoms with van der Waals surface area (Å²) in [7, 11) is 2.12. The number of likely N-dealkylation sites (N-methyl/N-ethyl adjacent to an activating group) is 1. The number of hydrogen-bond acceptors (Lipinski definition) is 3. The number of Topliss-reactive ketones (excluding diaryl/α,β-unsaturated/α-hetero) is 1. The van der Waals surface area contributed by atoms with Crippen LogP contribution in [0.1, 0.15) is 21.8 Å². The molecule has 126 valence electrons. The summed E-state index contributed by atoms with van der Waals surface area (Å²) in [5.74, 6) is -0.484. The molecule has 0 aliphatic carbocycles. The van der Waals surface area contributed by atoms with Gasteiger partial charge < -0.3 is 4.90 Å². The third-order valence-electron chi connectivity index (χ3n) is 4.68. The van der Waals surface area contributed by atoms with Crippen LogP contribution in [0.4, 0.5) is 4.39 Å². The van der Waals surface area contributed by atoms with Gasteiger partial charge >= 0.3 is 0 Å². The van der Waals surface area contributed by atoms with E-state index in [0.29, 0.717) is 12.1 Å². The summed E-state index contributed by atoms with van der Waals surface area (Å²) in [6.45, 7) is 4.68. The molecule has 0 aromatic heterocycles. The monoisotopic (exact) mass is 326 g/mol. The Morgan fingerprint density at radius 3 is 2.25 bits per heavy atom. The Morgan fingerprint density at radius 2 is 1.62 bits per heavy atom. The van der Waals surface area contributed by atoms with E-state index in [9.17, 15) is 9.18 Å². The summed E-state index contributed by atoms with van der Waals surface area (Å²) in [4.78, 5) is 17.7. The predicted molar refractivity (Wildman–Crippen MR) is 93.9 cm³/mol. The van der Waals surface area contributed by atoms with Gasteiger partial charge in [-0.25, -0.2) is 4.39 Å². The molecule has 0 radical (unpaired) electrons. The Labute approximate surface area is 142 Å². The molecule has 0 spiro atoms. The molecule has 1 fully saturated rings. The number of hydrogen-bond donors (Lipinski definition) is 0. The molecule has 1 atom stereocenters. The van der Waals surface area contributed by atoms with Crippen LogP contribution in [0.5, 0.6) is 0 Å². The number of halogens is 1. The molecule has 3 rings (SSSR count). The van der Waals surface area contributed by atoms with Crippen LogP contribution in [-0.4, -0.2) is 55.4 Å². The summed E-state index contributed by atoms with van der Waals surface area (Å²) in [6, 6.07) is 15.8. The Hall–Kier alpha value is -2.04. The first kappa shape index (κ1) is 16.8. The molecule has 0 bridgehead atoms. The van der Waals surface area contributed by atoms with Gasteiger partial charge in [0.25, 0.3) is 0 Å². The summed E-state index contributed by atoms with van der Waals surface area (Å²) < 4.78 is 13.2. The van der Waals surface area contributed by atoms with Crippen LogP contribution in [0.3, 0.4) is 0 Å². The Kier molecular flexibility index (Phi) is 5.38. The van der Waals surface area contributed by atoms with E-state index in [1.807, 2.05) is 30.3 Å². The highest BCUT2D eigenvalue weighted by Gasteiger charge is 2.26. The van der Waals surface area contributed by atoms with E-state index in [2.05, 4.69) is 16.8 Å². The van der Waals surface area contributed by atoms with Crippen molar-refractivity contribution in [1.82, 2.24) is 9.80 Å². The van der Waals surface area contributed by atoms with E-state index in [0.717, 1.165) is 31.7 Å². The summed E-state index contributed by atoms with van der Waals surface area (Å²) in [6.07, 6.45) is 0. The van der Waals surface area contributed by atoms with E-state index < -0.39 is 0 Å². The third kappa shape index (κ3) is 4.08. The van der Waals surface area contributed by atoms with Crippen LogP contribution in [-0.2, 0) is 0 Å². The fourth-order valence-corrected chi connectivity index (χ4v) is 3.13. The largest absolute Gasteiger partial charge is 0.304 e. The minimum absolute atomic E-state index is 0.0557. The molecule has 1 heterocycles. The van der Waals surface area contributed by atoms with Crippen molar-refractivity contribution < 1.29 is 9.18 Å². The van der Waals surface area contributed by atoms with Gasteiger partial charge in [0.05, 0.1) is 5.92 Å². The number of ketones is 1. The molecule has 1 aliphatic rings. The highest BCUT2D eigenvalue weighted by Crippen LogP contribution is 2.23. The molecule has 24 heavy (non-hydrogen) atoms. The Bertz CT molecular complexity index is 664. The lowest BCUT2D eigenvalue weighted by molar-refractivity contribution is 0.0903. The van der Waals surface area contributed by atoms with Gasteiger partial charge in [0.2, 0.25) is 0 Å². The number of carbonyl (C=O) groups is 1. The second kappa shape index (κ2) is 7.69. The number of nitrogens with zero attached hydrogens (tertiary/aromatic N) is 2. The van der Waals surface area contributed by atoms with E-state index >= 15 is 0 Å². The van der Waals surface area contributed by atoms with Crippen LogP contribution in [0, 0.1) is 5.82 Å². The zero-order valence-electron chi connectivity index (χ0n) is 14.0. The molecule has 0 N–H and O–H groups in total. The van der Waals surface area contributed by atoms with E-state index in [-0.39, 0.29) is 17.5 Å². The van der Waals surface area contributed by atoms with Crippen molar-refractivity contribution in [3.05, 3.63) is 71.5 Å². The van der Waals surface area contributed by atoms with E-state index in [4.69, 9.17) is 0 Å². The fourth-order valence-electron chi connectivity index (χ4n) is 3.13. The zero-order chi connectivity index (χ0) is 16.9. The van der Waals surface area contributed by atoms with Crippen LogP contribution in [0.25, 0.3) is 0 Å². The quantitative estimate of drug-likeness (QED) is 0.789. The molecule has 2 aromatic carbocycles. The van der Waals surface area contributed by atoms with Gasteiger partial charge in [-0.1, -0.05) is 30.3 Å². The van der Waals surface area contributed by atoms with Crippen molar-refractivity contribution >= 4 is 5.78 Å². The minimum atomic E-state index is -0.318. The molecule has 3 nitrogen and oxygen atoms in total. The van der Waals surface area contributed by atoms with Gasteiger partial charge in [-0.3, -0.25) is 9.69 Å². The van der Waals surface area contributed by atoms with Gasteiger partial charge in [0.1, 0.15) is 5.82 Å². The molecule has 2 aromatic rings.